The summed E-state index contributed by atoms with van der Waals surface area (Å²) in [5.41, 5.74) is 0. The minimum Gasteiger partial charge on any atom is -0.147 e. The van der Waals surface area contributed by atoms with Crippen molar-refractivity contribution in [1.29, 1.82) is 0 Å². The maximum absolute atomic E-state index is 5.32. The van der Waals surface area contributed by atoms with Crippen LogP contribution in [0, 0.1) is 0 Å². The minimum atomic E-state index is -0.519. The van der Waals surface area contributed by atoms with Crippen LogP contribution in [0.5, 0.6) is 0 Å². The van der Waals surface area contributed by atoms with Crippen LogP contribution in [0.1, 0.15) is 39.5 Å². The Morgan fingerprint density at radius 1 is 0.786 bits per heavy atom. The molecule has 0 amide bonds. The molecule has 2 nitrogen and oxygen atoms in total. The third kappa shape index (κ3) is 23.4. The summed E-state index contributed by atoms with van der Waals surface area (Å²) in [6, 6.07) is 0. The normalized spacial score (nSPS) is 7.86. The Kier molecular flexibility index (Phi) is 42.2. The molecule has 0 rings (SSSR count). The third-order valence-corrected chi connectivity index (χ3v) is 2.32. The molecule has 14 heavy (non-hydrogen) atoms. The van der Waals surface area contributed by atoms with Gasteiger partial charge in [0.05, 0.1) is 0 Å². The monoisotopic (exact) mass is 302 g/mol. The zero-order chi connectivity index (χ0) is 8.36. The van der Waals surface area contributed by atoms with Crippen molar-refractivity contribution in [3.8, 4) is 0 Å². The van der Waals surface area contributed by atoms with E-state index in [9.17, 15) is 0 Å². The summed E-state index contributed by atoms with van der Waals surface area (Å²) in [6.45, 7) is 6.12. The van der Waals surface area contributed by atoms with Crippen LogP contribution in [0.25, 0.3) is 0 Å². The smallest absolute Gasteiger partial charge is 0.147 e. The summed E-state index contributed by atoms with van der Waals surface area (Å²) in [7, 11) is 0. The van der Waals surface area contributed by atoms with Crippen molar-refractivity contribution in [3.63, 3.8) is 0 Å². The Bertz CT molecular complexity index is 71.6. The molecule has 0 atom stereocenters. The van der Waals surface area contributed by atoms with E-state index in [-0.39, 0.29) is 37.2 Å². The first kappa shape index (κ1) is 24.6. The zero-order valence-electron chi connectivity index (χ0n) is 8.78. The van der Waals surface area contributed by atoms with E-state index in [1.807, 2.05) is 0 Å². The van der Waals surface area contributed by atoms with E-state index in [1.165, 1.54) is 25.7 Å². The molecule has 0 aromatic rings. The van der Waals surface area contributed by atoms with Crippen molar-refractivity contribution in [2.45, 2.75) is 39.5 Å². The largest absolute Gasteiger partial charge is 0.147 e. The van der Waals surface area contributed by atoms with Gasteiger partial charge in [0.1, 0.15) is 0 Å². The fourth-order valence-electron chi connectivity index (χ4n) is 0.558. The summed E-state index contributed by atoms with van der Waals surface area (Å²) < 4.78 is 10.6. The quantitative estimate of drug-likeness (QED) is 0.501. The number of hydrogen-bond acceptors (Lipinski definition) is 2. The van der Waals surface area contributed by atoms with Crippen LogP contribution in [0.3, 0.4) is 0 Å². The van der Waals surface area contributed by atoms with E-state index < -0.39 is 19.9 Å². The van der Waals surface area contributed by atoms with E-state index in [0.717, 1.165) is 13.2 Å². The van der Waals surface area contributed by atoms with E-state index in [2.05, 4.69) is 13.8 Å². The molecule has 0 unspecified atom stereocenters. The molecule has 0 saturated carbocycles. The molecule has 0 aliphatic carbocycles. The predicted octanol–water partition coefficient (Wildman–Crippen LogP) is 3.80. The topological polar surface area (TPSA) is 18.5 Å². The van der Waals surface area contributed by atoms with Crippen LogP contribution in [-0.2, 0) is 26.6 Å². The summed E-state index contributed by atoms with van der Waals surface area (Å²) >= 11 is -0.519. The number of rotatable bonds is 8. The standard InChI is InChI=1S/2C4H9O.3ClH.Ti/c2*1-2-3-4-5;;;;/h2*2-4H2,1H3;3*1H;/q2*-1;;;;+2. The molecule has 0 radical (unpaired) electrons. The molecule has 6 heteroatoms. The number of halogens is 3. The van der Waals surface area contributed by atoms with Crippen molar-refractivity contribution in [2.24, 2.45) is 0 Å². The van der Waals surface area contributed by atoms with Gasteiger partial charge in [0.25, 0.3) is 0 Å². The molecule has 90 valence electrons. The molecular weight excluding hydrogens is 282 g/mol. The minimum absolute atomic E-state index is 0. The van der Waals surface area contributed by atoms with Gasteiger partial charge in [-0.3, -0.25) is 0 Å². The second kappa shape index (κ2) is 24.0. The van der Waals surface area contributed by atoms with E-state index in [4.69, 9.17) is 6.64 Å². The first-order valence-electron chi connectivity index (χ1n) is 4.40. The fourth-order valence-corrected chi connectivity index (χ4v) is 1.40. The maximum atomic E-state index is 5.32. The molecule has 0 aromatic carbocycles. The summed E-state index contributed by atoms with van der Waals surface area (Å²) in [4.78, 5) is 0. The summed E-state index contributed by atoms with van der Waals surface area (Å²) in [6.07, 6.45) is 4.75. The number of unbranched alkanes of at least 4 members (excludes halogenated alkanes) is 2. The maximum Gasteiger partial charge on any atom is -0.147 e. The number of hydrogen-bond donors (Lipinski definition) is 0. The van der Waals surface area contributed by atoms with E-state index in [1.54, 1.807) is 0 Å². The zero-order valence-corrected chi connectivity index (χ0v) is 12.8. The Labute approximate surface area is 116 Å². The molecule has 0 aliphatic rings. The molecule has 0 aromatic heterocycles. The Balaban J connectivity index is -0.000000167. The van der Waals surface area contributed by atoms with Crippen molar-refractivity contribution in [2.75, 3.05) is 13.2 Å². The van der Waals surface area contributed by atoms with E-state index in [0.29, 0.717) is 0 Å². The SMILES string of the molecule is CCCC[O][Ti][O]CCCC.Cl.Cl.Cl. The van der Waals surface area contributed by atoms with Gasteiger partial charge in [0.15, 0.2) is 0 Å². The van der Waals surface area contributed by atoms with Crippen LogP contribution in [-0.4, -0.2) is 13.2 Å². The molecule has 0 saturated heterocycles. The Hall–Kier alpha value is 1.50. The van der Waals surface area contributed by atoms with Gasteiger partial charge in [-0.2, -0.15) is 0 Å². The van der Waals surface area contributed by atoms with Crippen LogP contribution in [0.2, 0.25) is 0 Å². The average Bonchev–Trinajstić information content (AvgIpc) is 2.03. The van der Waals surface area contributed by atoms with Gasteiger partial charge in [-0.1, -0.05) is 0 Å². The van der Waals surface area contributed by atoms with Crippen molar-refractivity contribution in [3.05, 3.63) is 0 Å². The molecule has 0 spiro atoms. The second-order valence-electron chi connectivity index (χ2n) is 2.49. The van der Waals surface area contributed by atoms with Gasteiger partial charge in [0, 0.05) is 0 Å². The molecular formula is C8H21Cl3O2Ti. The third-order valence-electron chi connectivity index (χ3n) is 1.32. The molecule has 0 heterocycles. The van der Waals surface area contributed by atoms with Gasteiger partial charge in [-0.05, 0) is 0 Å². The van der Waals surface area contributed by atoms with Crippen molar-refractivity contribution >= 4 is 37.2 Å². The summed E-state index contributed by atoms with van der Waals surface area (Å²) in [5, 5.41) is 0. The average molecular weight is 303 g/mol. The Morgan fingerprint density at radius 3 is 1.43 bits per heavy atom. The van der Waals surface area contributed by atoms with Gasteiger partial charge < -0.3 is 0 Å². The van der Waals surface area contributed by atoms with Gasteiger partial charge in [0.2, 0.25) is 0 Å². The van der Waals surface area contributed by atoms with Gasteiger partial charge in [-0.25, -0.2) is 0 Å². The van der Waals surface area contributed by atoms with Gasteiger partial charge in [-0.15, -0.1) is 37.2 Å². The van der Waals surface area contributed by atoms with E-state index >= 15 is 0 Å². The second-order valence-corrected chi connectivity index (χ2v) is 3.65. The van der Waals surface area contributed by atoms with Crippen LogP contribution >= 0.6 is 37.2 Å². The molecule has 0 fully saturated rings. The van der Waals surface area contributed by atoms with Crippen LogP contribution in [0.4, 0.5) is 0 Å². The summed E-state index contributed by atoms with van der Waals surface area (Å²) in [5.74, 6) is 0. The molecule has 0 aliphatic heterocycles. The van der Waals surface area contributed by atoms with Crippen molar-refractivity contribution < 1.29 is 26.6 Å². The van der Waals surface area contributed by atoms with Crippen LogP contribution in [0.15, 0.2) is 0 Å². The van der Waals surface area contributed by atoms with Crippen LogP contribution < -0.4 is 0 Å². The predicted molar refractivity (Wildman–Crippen MR) is 63.5 cm³/mol. The first-order valence-corrected chi connectivity index (χ1v) is 5.67. The van der Waals surface area contributed by atoms with Crippen molar-refractivity contribution in [1.82, 2.24) is 0 Å². The molecule has 0 N–H and O–H groups in total. The first-order chi connectivity index (χ1) is 5.41. The fraction of sp³-hybridized carbons (Fsp3) is 1.00. The molecule has 0 bridgehead atoms. The Morgan fingerprint density at radius 2 is 1.14 bits per heavy atom. The van der Waals surface area contributed by atoms with Gasteiger partial charge >= 0.3 is 79.3 Å².